The maximum Gasteiger partial charge on any atom is 0.339 e. The Morgan fingerprint density at radius 2 is 1.79 bits per heavy atom. The van der Waals surface area contributed by atoms with Crippen molar-refractivity contribution in [2.24, 2.45) is 0 Å². The third-order valence-corrected chi connectivity index (χ3v) is 4.90. The maximum absolute atomic E-state index is 12.9. The van der Waals surface area contributed by atoms with Crippen LogP contribution < -0.4 is 5.32 Å². The van der Waals surface area contributed by atoms with E-state index in [0.29, 0.717) is 32.6 Å². The van der Waals surface area contributed by atoms with Crippen LogP contribution in [0.4, 0.5) is 5.69 Å². The van der Waals surface area contributed by atoms with Crippen LogP contribution in [0.2, 0.25) is 10.0 Å². The van der Waals surface area contributed by atoms with E-state index in [1.54, 1.807) is 39.0 Å². The number of anilines is 1. The number of carbonyl (C=O) groups excluding carboxylic acids is 3. The van der Waals surface area contributed by atoms with Gasteiger partial charge in [0, 0.05) is 12.2 Å². The lowest BCUT2D eigenvalue weighted by molar-refractivity contribution is -0.116. The highest BCUT2D eigenvalue weighted by molar-refractivity contribution is 6.39. The van der Waals surface area contributed by atoms with Gasteiger partial charge in [0.25, 0.3) is 5.91 Å². The number of aromatic nitrogens is 1. The van der Waals surface area contributed by atoms with Gasteiger partial charge in [0.1, 0.15) is 12.2 Å². The van der Waals surface area contributed by atoms with Crippen LogP contribution in [0.1, 0.15) is 39.0 Å². The largest absolute Gasteiger partial charge is 0.465 e. The van der Waals surface area contributed by atoms with Crippen LogP contribution in [0.5, 0.6) is 0 Å². The Bertz CT molecular complexity index is 904. The molecule has 0 unspecified atom stereocenters. The van der Waals surface area contributed by atoms with Gasteiger partial charge in [-0.15, -0.1) is 0 Å². The number of para-hydroxylation sites is 1. The summed E-state index contributed by atoms with van der Waals surface area (Å²) in [7, 11) is 1.28. The van der Waals surface area contributed by atoms with Crippen molar-refractivity contribution in [3.05, 3.63) is 50.8 Å². The number of aryl methyl sites for hydroxylation is 1. The average Bonchev–Trinajstić information content (AvgIpc) is 2.96. The van der Waals surface area contributed by atoms with E-state index < -0.39 is 17.8 Å². The van der Waals surface area contributed by atoms with Crippen molar-refractivity contribution >= 4 is 46.7 Å². The Labute approximate surface area is 172 Å². The van der Waals surface area contributed by atoms with Crippen molar-refractivity contribution in [3.8, 4) is 0 Å². The second kappa shape index (κ2) is 9.12. The Hall–Kier alpha value is -2.51. The number of amides is 2. The molecule has 0 spiro atoms. The van der Waals surface area contributed by atoms with Crippen LogP contribution in [0, 0.1) is 13.8 Å². The fourth-order valence-electron chi connectivity index (χ4n) is 2.83. The third kappa shape index (κ3) is 4.48. The lowest BCUT2D eigenvalue weighted by Gasteiger charge is -2.20. The SMILES string of the molecule is CCN(CC(=O)Nc1c(Cl)cccc1Cl)C(=O)c1[nH]c(C)c(C(=O)OC)c1C. The fourth-order valence-corrected chi connectivity index (χ4v) is 3.32. The monoisotopic (exact) mass is 425 g/mol. The van der Waals surface area contributed by atoms with Gasteiger partial charge in [-0.05, 0) is 38.5 Å². The molecule has 1 aromatic heterocycles. The van der Waals surface area contributed by atoms with Gasteiger partial charge in [-0.25, -0.2) is 4.79 Å². The molecule has 2 aromatic rings. The number of ether oxygens (including phenoxy) is 1. The molecule has 2 rings (SSSR count). The van der Waals surface area contributed by atoms with Crippen molar-refractivity contribution in [2.45, 2.75) is 20.8 Å². The minimum absolute atomic E-state index is 0.206. The van der Waals surface area contributed by atoms with E-state index in [9.17, 15) is 14.4 Å². The highest BCUT2D eigenvalue weighted by Crippen LogP contribution is 2.29. The quantitative estimate of drug-likeness (QED) is 0.687. The minimum atomic E-state index is -0.528. The highest BCUT2D eigenvalue weighted by atomic mass is 35.5. The molecule has 0 atom stereocenters. The second-order valence-corrected chi connectivity index (χ2v) is 6.90. The minimum Gasteiger partial charge on any atom is -0.465 e. The van der Waals surface area contributed by atoms with Gasteiger partial charge in [-0.1, -0.05) is 29.3 Å². The number of likely N-dealkylation sites (N-methyl/N-ethyl adjacent to an activating group) is 1. The van der Waals surface area contributed by atoms with Gasteiger partial charge >= 0.3 is 5.97 Å². The van der Waals surface area contributed by atoms with Gasteiger partial charge in [-0.3, -0.25) is 9.59 Å². The molecule has 7 nitrogen and oxygen atoms in total. The number of hydrogen-bond acceptors (Lipinski definition) is 4. The molecule has 1 aromatic carbocycles. The summed E-state index contributed by atoms with van der Waals surface area (Å²) < 4.78 is 4.76. The van der Waals surface area contributed by atoms with Crippen LogP contribution in [-0.2, 0) is 9.53 Å². The molecule has 150 valence electrons. The molecule has 0 bridgehead atoms. The van der Waals surface area contributed by atoms with Crippen molar-refractivity contribution in [2.75, 3.05) is 25.5 Å². The van der Waals surface area contributed by atoms with Gasteiger partial charge in [0.2, 0.25) is 5.91 Å². The molecule has 0 aliphatic heterocycles. The second-order valence-electron chi connectivity index (χ2n) is 6.08. The van der Waals surface area contributed by atoms with Crippen molar-refractivity contribution in [3.63, 3.8) is 0 Å². The summed E-state index contributed by atoms with van der Waals surface area (Å²) in [6.07, 6.45) is 0. The molecule has 0 aliphatic carbocycles. The number of H-pyrrole nitrogens is 1. The number of rotatable bonds is 6. The molecule has 28 heavy (non-hydrogen) atoms. The summed E-state index contributed by atoms with van der Waals surface area (Å²) in [6, 6.07) is 4.87. The zero-order chi connectivity index (χ0) is 21.0. The summed E-state index contributed by atoms with van der Waals surface area (Å²) in [5, 5.41) is 3.23. The summed E-state index contributed by atoms with van der Waals surface area (Å²) in [5.41, 5.74) is 1.84. The normalized spacial score (nSPS) is 10.5. The van der Waals surface area contributed by atoms with Crippen LogP contribution >= 0.6 is 23.2 Å². The Morgan fingerprint density at radius 1 is 1.18 bits per heavy atom. The van der Waals surface area contributed by atoms with Gasteiger partial charge in [0.05, 0.1) is 28.4 Å². The molecule has 0 fully saturated rings. The molecular formula is C19H21Cl2N3O4. The standard InChI is InChI=1S/C19H21Cl2N3O4/c1-5-24(9-14(25)23-17-12(20)7-6-8-13(17)21)18(26)16-10(2)15(11(3)22-16)19(27)28-4/h6-8,22H,5,9H2,1-4H3,(H,23,25). The van der Waals surface area contributed by atoms with Crippen molar-refractivity contribution in [1.82, 2.24) is 9.88 Å². The number of esters is 1. The number of carbonyl (C=O) groups is 3. The summed E-state index contributed by atoms with van der Waals surface area (Å²) in [5.74, 6) is -1.38. The van der Waals surface area contributed by atoms with E-state index in [2.05, 4.69) is 10.3 Å². The highest BCUT2D eigenvalue weighted by Gasteiger charge is 2.26. The van der Waals surface area contributed by atoms with Gasteiger partial charge < -0.3 is 19.9 Å². The number of benzene rings is 1. The molecule has 0 saturated heterocycles. The Morgan fingerprint density at radius 3 is 2.32 bits per heavy atom. The number of nitrogens with one attached hydrogen (secondary N) is 2. The van der Waals surface area contributed by atoms with Crippen molar-refractivity contribution in [1.29, 1.82) is 0 Å². The molecule has 1 heterocycles. The zero-order valence-corrected chi connectivity index (χ0v) is 17.5. The molecule has 0 aliphatic rings. The first-order chi connectivity index (χ1) is 13.2. The number of hydrogen-bond donors (Lipinski definition) is 2. The number of aromatic amines is 1. The molecule has 9 heteroatoms. The summed E-state index contributed by atoms with van der Waals surface area (Å²) in [4.78, 5) is 41.5. The molecule has 2 N–H and O–H groups in total. The maximum atomic E-state index is 12.9. The Kier molecular flexibility index (Phi) is 7.10. The number of halogens is 2. The topological polar surface area (TPSA) is 91.5 Å². The first kappa shape index (κ1) is 21.8. The predicted octanol–water partition coefficient (Wildman–Crippen LogP) is 3.83. The van der Waals surface area contributed by atoms with Gasteiger partial charge in [-0.2, -0.15) is 0 Å². The van der Waals surface area contributed by atoms with Crippen LogP contribution in [0.3, 0.4) is 0 Å². The van der Waals surface area contributed by atoms with Crippen molar-refractivity contribution < 1.29 is 19.1 Å². The van der Waals surface area contributed by atoms with E-state index in [1.807, 2.05) is 0 Å². The first-order valence-electron chi connectivity index (χ1n) is 8.51. The summed E-state index contributed by atoms with van der Waals surface area (Å²) >= 11 is 12.1. The smallest absolute Gasteiger partial charge is 0.339 e. The third-order valence-electron chi connectivity index (χ3n) is 4.27. The average molecular weight is 426 g/mol. The van der Waals surface area contributed by atoms with Crippen LogP contribution in [0.25, 0.3) is 0 Å². The molecule has 0 saturated carbocycles. The van der Waals surface area contributed by atoms with E-state index in [-0.39, 0.29) is 18.8 Å². The zero-order valence-electron chi connectivity index (χ0n) is 16.0. The van der Waals surface area contributed by atoms with E-state index in [1.165, 1.54) is 12.0 Å². The number of nitrogens with zero attached hydrogens (tertiary/aromatic N) is 1. The molecular weight excluding hydrogens is 405 g/mol. The summed E-state index contributed by atoms with van der Waals surface area (Å²) in [6.45, 7) is 5.16. The molecule has 2 amide bonds. The van der Waals surface area contributed by atoms with E-state index in [0.717, 1.165) is 0 Å². The lowest BCUT2D eigenvalue weighted by Crippen LogP contribution is -2.38. The lowest BCUT2D eigenvalue weighted by atomic mass is 10.1. The number of methoxy groups -OCH3 is 1. The molecule has 0 radical (unpaired) electrons. The van der Waals surface area contributed by atoms with E-state index >= 15 is 0 Å². The van der Waals surface area contributed by atoms with Crippen LogP contribution in [0.15, 0.2) is 18.2 Å². The fraction of sp³-hybridized carbons (Fsp3) is 0.316. The Balaban J connectivity index is 2.20. The first-order valence-corrected chi connectivity index (χ1v) is 9.27. The van der Waals surface area contributed by atoms with Gasteiger partial charge in [0.15, 0.2) is 0 Å². The van der Waals surface area contributed by atoms with Crippen LogP contribution in [-0.4, -0.2) is 47.9 Å². The van der Waals surface area contributed by atoms with E-state index in [4.69, 9.17) is 27.9 Å². The predicted molar refractivity (Wildman–Crippen MR) is 108 cm³/mol.